The van der Waals surface area contributed by atoms with E-state index in [2.05, 4.69) is 12.2 Å². The number of nitrogens with zero attached hydrogens (tertiary/aromatic N) is 2. The Morgan fingerprint density at radius 1 is 1.14 bits per heavy atom. The van der Waals surface area contributed by atoms with Crippen molar-refractivity contribution in [3.05, 3.63) is 0 Å². The minimum Gasteiger partial charge on any atom is -0.356 e. The molecule has 11 nitrogen and oxygen atoms in total. The first-order valence-corrected chi connectivity index (χ1v) is 12.6. The van der Waals surface area contributed by atoms with E-state index in [1.165, 1.54) is 11.9 Å². The maximum Gasteiger partial charge on any atom is 0.327 e. The van der Waals surface area contributed by atoms with Gasteiger partial charge in [0.1, 0.15) is 12.3 Å². The van der Waals surface area contributed by atoms with Crippen LogP contribution in [0.5, 0.6) is 0 Å². The van der Waals surface area contributed by atoms with Crippen LogP contribution in [0.25, 0.3) is 0 Å². The molecule has 0 bridgehead atoms. The van der Waals surface area contributed by atoms with Gasteiger partial charge in [0, 0.05) is 26.1 Å². The van der Waals surface area contributed by atoms with Gasteiger partial charge in [0.2, 0.25) is 11.8 Å². The zero-order valence-corrected chi connectivity index (χ0v) is 21.7. The second-order valence-electron chi connectivity index (χ2n) is 10.0. The van der Waals surface area contributed by atoms with Gasteiger partial charge in [-0.3, -0.25) is 24.5 Å². The summed E-state index contributed by atoms with van der Waals surface area (Å²) in [6.45, 7) is 7.62. The standard InChI is InChI=1S/C24H42N4O7/c1-6-16-8-10-17(11-9-16)20(29)25-19(14-35-15-34-7-2)12-18(21(30)26-33)13-28-22(31)24(3,4)27(5)23(28)32/h16-19,33H,6-15H2,1-5H3,(H,25,29)(H,26,30). The highest BCUT2D eigenvalue weighted by Crippen LogP contribution is 2.31. The zero-order valence-electron chi connectivity index (χ0n) is 21.7. The number of carbonyl (C=O) groups excluding carboxylic acids is 4. The highest BCUT2D eigenvalue weighted by molar-refractivity contribution is 6.06. The molecule has 1 aliphatic carbocycles. The van der Waals surface area contributed by atoms with E-state index >= 15 is 0 Å². The summed E-state index contributed by atoms with van der Waals surface area (Å²) >= 11 is 0. The molecule has 3 N–H and O–H groups in total. The molecule has 11 heteroatoms. The van der Waals surface area contributed by atoms with E-state index in [9.17, 15) is 24.4 Å². The molecule has 1 heterocycles. The van der Waals surface area contributed by atoms with Gasteiger partial charge in [-0.05, 0) is 58.8 Å². The first-order chi connectivity index (χ1) is 16.6. The molecule has 5 amide bonds. The smallest absolute Gasteiger partial charge is 0.327 e. The quantitative estimate of drug-likeness (QED) is 0.116. The number of nitrogens with one attached hydrogen (secondary N) is 2. The van der Waals surface area contributed by atoms with Crippen LogP contribution in [-0.4, -0.2) is 83.9 Å². The van der Waals surface area contributed by atoms with E-state index in [1.807, 2.05) is 6.92 Å². The van der Waals surface area contributed by atoms with Crippen LogP contribution in [0.1, 0.15) is 66.2 Å². The number of likely N-dealkylation sites (N-methyl/N-ethyl adjacent to an activating group) is 1. The van der Waals surface area contributed by atoms with E-state index in [1.54, 1.807) is 19.3 Å². The van der Waals surface area contributed by atoms with Crippen molar-refractivity contribution in [2.24, 2.45) is 17.8 Å². The fourth-order valence-corrected chi connectivity index (χ4v) is 4.71. The molecule has 0 aromatic heterocycles. The molecule has 1 saturated carbocycles. The summed E-state index contributed by atoms with van der Waals surface area (Å²) < 4.78 is 10.8. The Balaban J connectivity index is 2.12. The fraction of sp³-hybridized carbons (Fsp3) is 0.833. The van der Waals surface area contributed by atoms with Gasteiger partial charge in [-0.25, -0.2) is 10.3 Å². The van der Waals surface area contributed by atoms with Crippen molar-refractivity contribution in [3.63, 3.8) is 0 Å². The van der Waals surface area contributed by atoms with Crippen LogP contribution < -0.4 is 10.8 Å². The number of hydrogen-bond acceptors (Lipinski definition) is 7. The summed E-state index contributed by atoms with van der Waals surface area (Å²) in [4.78, 5) is 53.4. The average Bonchev–Trinajstić information content (AvgIpc) is 3.00. The van der Waals surface area contributed by atoms with E-state index in [0.717, 1.165) is 37.0 Å². The molecular weight excluding hydrogens is 456 g/mol. The molecule has 200 valence electrons. The van der Waals surface area contributed by atoms with E-state index in [4.69, 9.17) is 9.47 Å². The van der Waals surface area contributed by atoms with Gasteiger partial charge in [0.15, 0.2) is 0 Å². The van der Waals surface area contributed by atoms with Crippen LogP contribution in [0.2, 0.25) is 0 Å². The Morgan fingerprint density at radius 3 is 2.31 bits per heavy atom. The predicted molar refractivity (Wildman–Crippen MR) is 127 cm³/mol. The van der Waals surface area contributed by atoms with Crippen molar-refractivity contribution >= 4 is 23.8 Å². The molecule has 2 unspecified atom stereocenters. The monoisotopic (exact) mass is 498 g/mol. The zero-order chi connectivity index (χ0) is 26.2. The molecule has 35 heavy (non-hydrogen) atoms. The fourth-order valence-electron chi connectivity index (χ4n) is 4.71. The highest BCUT2D eigenvalue weighted by Gasteiger charge is 2.50. The number of carbonyl (C=O) groups is 4. The first kappa shape index (κ1) is 29.0. The topological polar surface area (TPSA) is 138 Å². The van der Waals surface area contributed by atoms with Crippen molar-refractivity contribution in [2.45, 2.75) is 77.8 Å². The van der Waals surface area contributed by atoms with Crippen LogP contribution in [0, 0.1) is 17.8 Å². The largest absolute Gasteiger partial charge is 0.356 e. The summed E-state index contributed by atoms with van der Waals surface area (Å²) in [5.74, 6) is -1.67. The minimum absolute atomic E-state index is 0.0312. The lowest BCUT2D eigenvalue weighted by molar-refractivity contribution is -0.138. The summed E-state index contributed by atoms with van der Waals surface area (Å²) in [5, 5.41) is 12.3. The van der Waals surface area contributed by atoms with Crippen molar-refractivity contribution in [1.82, 2.24) is 20.6 Å². The van der Waals surface area contributed by atoms with Gasteiger partial charge in [0.05, 0.1) is 18.6 Å². The minimum atomic E-state index is -1.04. The van der Waals surface area contributed by atoms with Gasteiger partial charge in [0.25, 0.3) is 5.91 Å². The second kappa shape index (κ2) is 13.2. The number of hydrogen-bond donors (Lipinski definition) is 3. The summed E-state index contributed by atoms with van der Waals surface area (Å²) in [6.07, 6.45) is 4.83. The molecule has 0 radical (unpaired) electrons. The van der Waals surface area contributed by atoms with Gasteiger partial charge < -0.3 is 19.7 Å². The van der Waals surface area contributed by atoms with Gasteiger partial charge in [-0.1, -0.05) is 13.3 Å². The average molecular weight is 499 g/mol. The number of hydroxylamine groups is 1. The van der Waals surface area contributed by atoms with Crippen molar-refractivity contribution in [3.8, 4) is 0 Å². The Bertz CT molecular complexity index is 752. The highest BCUT2D eigenvalue weighted by atomic mass is 16.7. The molecule has 1 saturated heterocycles. The second-order valence-corrected chi connectivity index (χ2v) is 10.0. The molecule has 0 aromatic rings. The predicted octanol–water partition coefficient (Wildman–Crippen LogP) is 1.88. The molecule has 2 rings (SSSR count). The summed E-state index contributed by atoms with van der Waals surface area (Å²) in [5.41, 5.74) is 0.592. The van der Waals surface area contributed by atoms with Crippen molar-refractivity contribution < 1.29 is 33.9 Å². The Hall–Kier alpha value is -2.24. The summed E-state index contributed by atoms with van der Waals surface area (Å²) in [6, 6.07) is -1.09. The van der Waals surface area contributed by atoms with Crippen molar-refractivity contribution in [1.29, 1.82) is 0 Å². The number of amides is 5. The molecular formula is C24H42N4O7. The third-order valence-electron chi connectivity index (χ3n) is 7.41. The Labute approximate surface area is 207 Å². The van der Waals surface area contributed by atoms with Crippen molar-refractivity contribution in [2.75, 3.05) is 33.6 Å². The molecule has 1 aliphatic heterocycles. The van der Waals surface area contributed by atoms with E-state index in [0.29, 0.717) is 12.5 Å². The van der Waals surface area contributed by atoms with E-state index < -0.39 is 35.3 Å². The Morgan fingerprint density at radius 2 is 1.80 bits per heavy atom. The van der Waals surface area contributed by atoms with Crippen LogP contribution in [0.3, 0.4) is 0 Å². The van der Waals surface area contributed by atoms with Gasteiger partial charge in [-0.15, -0.1) is 0 Å². The maximum absolute atomic E-state index is 13.0. The van der Waals surface area contributed by atoms with Crippen LogP contribution in [0.4, 0.5) is 4.79 Å². The Kier molecular flexibility index (Phi) is 10.9. The SMILES string of the molecule is CCOCOCC(CC(CN1C(=O)N(C)C(C)(C)C1=O)C(=O)NO)NC(=O)C1CCC(CC)CC1. The number of imide groups is 1. The van der Waals surface area contributed by atoms with Gasteiger partial charge >= 0.3 is 6.03 Å². The number of ether oxygens (including phenoxy) is 2. The third kappa shape index (κ3) is 7.37. The van der Waals surface area contributed by atoms with Gasteiger partial charge in [-0.2, -0.15) is 0 Å². The van der Waals surface area contributed by atoms with Crippen LogP contribution in [-0.2, 0) is 23.9 Å². The van der Waals surface area contributed by atoms with Crippen LogP contribution in [0.15, 0.2) is 0 Å². The molecule has 2 aliphatic rings. The maximum atomic E-state index is 13.0. The lowest BCUT2D eigenvalue weighted by Gasteiger charge is -2.30. The number of urea groups is 1. The first-order valence-electron chi connectivity index (χ1n) is 12.6. The lowest BCUT2D eigenvalue weighted by Crippen LogP contribution is -2.48. The normalized spacial score (nSPS) is 23.8. The molecule has 2 fully saturated rings. The third-order valence-corrected chi connectivity index (χ3v) is 7.41. The molecule has 0 aromatic carbocycles. The summed E-state index contributed by atoms with van der Waals surface area (Å²) in [7, 11) is 1.53. The van der Waals surface area contributed by atoms with Crippen LogP contribution >= 0.6 is 0 Å². The van der Waals surface area contributed by atoms with E-state index in [-0.39, 0.29) is 38.2 Å². The number of rotatable bonds is 13. The molecule has 2 atom stereocenters. The molecule has 0 spiro atoms. The lowest BCUT2D eigenvalue weighted by atomic mass is 9.80.